The molecular formula is C31H27F3N6O. The number of nitrogens with two attached hydrogens (primary N) is 1. The molecule has 0 aliphatic heterocycles. The van der Waals surface area contributed by atoms with Crippen LogP contribution in [0.1, 0.15) is 18.2 Å². The largest absolute Gasteiger partial charge is 0.457 e. The molecule has 0 unspecified atom stereocenters. The first-order chi connectivity index (χ1) is 19.7. The summed E-state index contributed by atoms with van der Waals surface area (Å²) in [5, 5.41) is 0. The van der Waals surface area contributed by atoms with Crippen LogP contribution in [0.2, 0.25) is 0 Å². The van der Waals surface area contributed by atoms with E-state index in [4.69, 9.17) is 10.5 Å². The van der Waals surface area contributed by atoms with E-state index >= 15 is 0 Å². The number of nitrogens with zero attached hydrogens (tertiary/aromatic N) is 4. The van der Waals surface area contributed by atoms with Gasteiger partial charge >= 0.3 is 6.18 Å². The van der Waals surface area contributed by atoms with Gasteiger partial charge in [-0.25, -0.2) is 9.97 Å². The van der Waals surface area contributed by atoms with Crippen molar-refractivity contribution in [3.63, 3.8) is 0 Å². The van der Waals surface area contributed by atoms with Crippen molar-refractivity contribution >= 4 is 17.0 Å². The molecule has 6 rings (SSSR count). The Balaban J connectivity index is 0.000000365. The fourth-order valence-electron chi connectivity index (χ4n) is 4.22. The smallest absolute Gasteiger partial charge is 0.433 e. The zero-order chi connectivity index (χ0) is 29.0. The van der Waals surface area contributed by atoms with Crippen LogP contribution in [0.3, 0.4) is 0 Å². The zero-order valence-corrected chi connectivity index (χ0v) is 22.4. The third-order valence-electron chi connectivity index (χ3n) is 6.38. The van der Waals surface area contributed by atoms with Gasteiger partial charge in [-0.15, -0.1) is 0 Å². The maximum Gasteiger partial charge on any atom is 0.433 e. The van der Waals surface area contributed by atoms with Gasteiger partial charge < -0.3 is 20.0 Å². The number of hydrogen-bond acceptors (Lipinski definition) is 5. The molecule has 3 aromatic heterocycles. The highest BCUT2D eigenvalue weighted by Crippen LogP contribution is 2.37. The summed E-state index contributed by atoms with van der Waals surface area (Å²) in [6.07, 6.45) is -2.02. The zero-order valence-electron chi connectivity index (χ0n) is 22.4. The minimum Gasteiger partial charge on any atom is -0.457 e. The number of fused-ring (bicyclic) bond motifs is 1. The molecule has 41 heavy (non-hydrogen) atoms. The van der Waals surface area contributed by atoms with Gasteiger partial charge in [0.25, 0.3) is 0 Å². The second-order valence-electron chi connectivity index (χ2n) is 9.17. The fraction of sp³-hybridized carbons (Fsp3) is 0.129. The summed E-state index contributed by atoms with van der Waals surface area (Å²) >= 11 is 0. The van der Waals surface area contributed by atoms with Gasteiger partial charge in [-0.1, -0.05) is 67.6 Å². The quantitative estimate of drug-likeness (QED) is 0.227. The molecule has 0 fully saturated rings. The van der Waals surface area contributed by atoms with Crippen LogP contribution in [0, 0.1) is 0 Å². The predicted octanol–water partition coefficient (Wildman–Crippen LogP) is 7.67. The molecule has 0 bridgehead atoms. The number of pyridine rings is 1. The summed E-state index contributed by atoms with van der Waals surface area (Å²) in [6.45, 7) is 2.16. The van der Waals surface area contributed by atoms with Gasteiger partial charge in [0, 0.05) is 30.9 Å². The lowest BCUT2D eigenvalue weighted by Crippen LogP contribution is -2.07. The highest BCUT2D eigenvalue weighted by Gasteiger charge is 2.37. The van der Waals surface area contributed by atoms with Crippen LogP contribution >= 0.6 is 0 Å². The van der Waals surface area contributed by atoms with Crippen LogP contribution in [0.5, 0.6) is 11.5 Å². The van der Waals surface area contributed by atoms with E-state index in [2.05, 4.69) is 51.1 Å². The number of nitrogen functional groups attached to an aromatic ring is 1. The molecule has 208 valence electrons. The first-order valence-corrected chi connectivity index (χ1v) is 12.9. The number of aryl methyl sites for hydroxylation is 2. The Labute approximate surface area is 234 Å². The molecule has 0 saturated carbocycles. The van der Waals surface area contributed by atoms with Gasteiger partial charge in [0.05, 0.1) is 11.0 Å². The summed E-state index contributed by atoms with van der Waals surface area (Å²) in [5.74, 6) is 1.24. The van der Waals surface area contributed by atoms with Crippen molar-refractivity contribution in [2.24, 2.45) is 7.05 Å². The Morgan fingerprint density at radius 3 is 2.22 bits per heavy atom. The van der Waals surface area contributed by atoms with Crippen molar-refractivity contribution in [1.82, 2.24) is 24.5 Å². The number of alkyl halides is 3. The summed E-state index contributed by atoms with van der Waals surface area (Å²) in [4.78, 5) is 15.0. The van der Waals surface area contributed by atoms with Crippen molar-refractivity contribution in [2.45, 2.75) is 19.5 Å². The van der Waals surface area contributed by atoms with E-state index in [0.717, 1.165) is 11.9 Å². The molecule has 0 atom stereocenters. The highest BCUT2D eigenvalue weighted by molar-refractivity contribution is 5.80. The highest BCUT2D eigenvalue weighted by atomic mass is 19.4. The number of rotatable bonds is 5. The summed E-state index contributed by atoms with van der Waals surface area (Å²) in [7, 11) is 1.81. The predicted molar refractivity (Wildman–Crippen MR) is 153 cm³/mol. The first-order valence-electron chi connectivity index (χ1n) is 12.9. The number of aromatic amines is 1. The Morgan fingerprint density at radius 1 is 0.878 bits per heavy atom. The fourth-order valence-corrected chi connectivity index (χ4v) is 4.22. The number of ether oxygens (including phenoxy) is 1. The van der Waals surface area contributed by atoms with E-state index in [9.17, 15) is 13.2 Å². The van der Waals surface area contributed by atoms with Crippen LogP contribution in [-0.4, -0.2) is 24.5 Å². The van der Waals surface area contributed by atoms with Crippen molar-refractivity contribution in [3.05, 3.63) is 108 Å². The number of anilines is 1. The molecule has 0 spiro atoms. The molecule has 7 nitrogen and oxygen atoms in total. The van der Waals surface area contributed by atoms with E-state index in [1.807, 2.05) is 19.2 Å². The van der Waals surface area contributed by atoms with Gasteiger partial charge in [-0.2, -0.15) is 13.2 Å². The van der Waals surface area contributed by atoms with Gasteiger partial charge in [0.15, 0.2) is 5.82 Å². The van der Waals surface area contributed by atoms with Crippen molar-refractivity contribution in [1.29, 1.82) is 0 Å². The van der Waals surface area contributed by atoms with Gasteiger partial charge in [0.2, 0.25) is 5.95 Å². The number of H-pyrrole nitrogens is 1. The lowest BCUT2D eigenvalue weighted by Gasteiger charge is -2.07. The topological polar surface area (TPSA) is 94.6 Å². The maximum atomic E-state index is 13.7. The van der Waals surface area contributed by atoms with Crippen LogP contribution in [0.4, 0.5) is 19.1 Å². The molecule has 3 N–H and O–H groups in total. The number of nitrogens with one attached hydrogen (secondary N) is 1. The Hall–Kier alpha value is -5.12. The van der Waals surface area contributed by atoms with Gasteiger partial charge in [-0.3, -0.25) is 4.98 Å². The van der Waals surface area contributed by atoms with E-state index in [0.29, 0.717) is 28.5 Å². The molecule has 6 aromatic rings. The van der Waals surface area contributed by atoms with Gasteiger partial charge in [-0.05, 0) is 30.2 Å². The summed E-state index contributed by atoms with van der Waals surface area (Å²) in [5.41, 5.74) is 8.19. The van der Waals surface area contributed by atoms with Crippen molar-refractivity contribution < 1.29 is 17.9 Å². The summed E-state index contributed by atoms with van der Waals surface area (Å²) < 4.78 is 48.6. The van der Waals surface area contributed by atoms with Crippen LogP contribution in [0.15, 0.2) is 97.2 Å². The lowest BCUT2D eigenvalue weighted by atomic mass is 10.1. The van der Waals surface area contributed by atoms with Crippen LogP contribution in [-0.2, 0) is 19.6 Å². The molecule has 0 saturated heterocycles. The molecule has 0 radical (unpaired) electrons. The SMILES string of the molecule is CCc1ccccc1.Cn1c(N)nc2cc(Oc3ccnc(-c4nc(-c5ccccc5)c(C(F)(F)F)[nH]4)c3)ccc21. The molecular weight excluding hydrogens is 529 g/mol. The van der Waals surface area contributed by atoms with E-state index in [1.165, 1.54) is 17.8 Å². The van der Waals surface area contributed by atoms with E-state index < -0.39 is 11.9 Å². The van der Waals surface area contributed by atoms with Crippen molar-refractivity contribution in [2.75, 3.05) is 5.73 Å². The number of imidazole rings is 2. The monoisotopic (exact) mass is 556 g/mol. The number of aromatic nitrogens is 5. The average Bonchev–Trinajstić information content (AvgIpc) is 3.56. The Kier molecular flexibility index (Phi) is 7.73. The molecule has 3 aromatic carbocycles. The van der Waals surface area contributed by atoms with E-state index in [1.54, 1.807) is 53.1 Å². The number of hydrogen-bond donors (Lipinski definition) is 2. The van der Waals surface area contributed by atoms with Gasteiger partial charge in [0.1, 0.15) is 28.6 Å². The first kappa shape index (κ1) is 27.4. The number of benzene rings is 3. The number of halogens is 3. The minimum absolute atomic E-state index is 0.0143. The van der Waals surface area contributed by atoms with Crippen LogP contribution < -0.4 is 10.5 Å². The third-order valence-corrected chi connectivity index (χ3v) is 6.38. The van der Waals surface area contributed by atoms with Crippen molar-refractivity contribution in [3.8, 4) is 34.3 Å². The second-order valence-corrected chi connectivity index (χ2v) is 9.17. The van der Waals surface area contributed by atoms with E-state index in [-0.39, 0.29) is 17.2 Å². The second kappa shape index (κ2) is 11.5. The third kappa shape index (κ3) is 6.22. The minimum atomic E-state index is -4.61. The molecule has 3 heterocycles. The molecule has 10 heteroatoms. The maximum absolute atomic E-state index is 13.7. The molecule has 0 aliphatic rings. The van der Waals surface area contributed by atoms with Crippen LogP contribution in [0.25, 0.3) is 33.8 Å². The lowest BCUT2D eigenvalue weighted by molar-refractivity contribution is -0.140. The molecule has 0 aliphatic carbocycles. The standard InChI is InChI=1S/C23H17F3N6O.C8H10/c1-32-18-8-7-14(11-16(18)29-22(32)27)33-15-9-10-28-17(12-15)21-30-19(13-5-3-2-4-6-13)20(31-21)23(24,25)26;1-2-8-6-4-3-5-7-8/h2-12H,1H3,(H2,27,29)(H,30,31);3-7H,2H2,1H3. The molecule has 0 amide bonds. The Morgan fingerprint density at radius 2 is 1.56 bits per heavy atom. The normalized spacial score (nSPS) is 11.2. The average molecular weight is 557 g/mol. The Bertz CT molecular complexity index is 1760. The summed E-state index contributed by atoms with van der Waals surface area (Å²) in [6, 6.07) is 27.1.